The Morgan fingerprint density at radius 2 is 1.02 bits per heavy atom. The monoisotopic (exact) mass is 773 g/mol. The van der Waals surface area contributed by atoms with Gasteiger partial charge >= 0.3 is 0 Å². The van der Waals surface area contributed by atoms with Crippen LogP contribution in [0.25, 0.3) is 0 Å². The van der Waals surface area contributed by atoms with Gasteiger partial charge in [-0.1, -0.05) is 41.5 Å². The molecule has 6 amide bonds. The van der Waals surface area contributed by atoms with Gasteiger partial charge in [-0.05, 0) is 30.6 Å². The molecular weight excluding hydrogens is 708 g/mol. The van der Waals surface area contributed by atoms with Crippen molar-refractivity contribution >= 4 is 54.2 Å². The Morgan fingerprint density at radius 1 is 0.574 bits per heavy atom. The van der Waals surface area contributed by atoms with Crippen LogP contribution in [-0.4, -0.2) is 143 Å². The van der Waals surface area contributed by atoms with Crippen molar-refractivity contribution in [3.05, 3.63) is 0 Å². The second-order valence-electron chi connectivity index (χ2n) is 13.6. The van der Waals surface area contributed by atoms with Gasteiger partial charge in [-0.2, -0.15) is 0 Å². The zero-order chi connectivity index (χ0) is 43.8. The predicted octanol–water partition coefficient (Wildman–Crippen LogP) is -0.936. The number of carbonyl (C=O) groups is 9. The summed E-state index contributed by atoms with van der Waals surface area (Å²) in [6.45, 7) is 9.67. The molecule has 5 atom stereocenters. The minimum Gasteiger partial charge on any atom is -0.384 e. The number of nitrogens with zero attached hydrogens (tertiary/aromatic N) is 1. The van der Waals surface area contributed by atoms with Gasteiger partial charge in [0.1, 0.15) is 35.0 Å². The highest BCUT2D eigenvalue weighted by Crippen LogP contribution is 2.08. The van der Waals surface area contributed by atoms with E-state index in [9.17, 15) is 43.2 Å². The second kappa shape index (κ2) is 28.2. The maximum absolute atomic E-state index is 13.9. The lowest BCUT2D eigenvalue weighted by atomic mass is 10.0. The molecule has 18 heteroatoms. The summed E-state index contributed by atoms with van der Waals surface area (Å²) in [4.78, 5) is 116. The average Bonchev–Trinajstić information content (AvgIpc) is 3.12. The van der Waals surface area contributed by atoms with E-state index in [-0.39, 0.29) is 32.8 Å². The minimum absolute atomic E-state index is 0.0176. The number of methoxy groups -OCH3 is 2. The molecule has 0 spiro atoms. The van der Waals surface area contributed by atoms with E-state index in [4.69, 9.17) is 18.3 Å². The van der Waals surface area contributed by atoms with Crippen LogP contribution in [0.15, 0.2) is 0 Å². The molecule has 0 aliphatic carbocycles. The van der Waals surface area contributed by atoms with Gasteiger partial charge in [-0.3, -0.25) is 28.8 Å². The molecule has 54 heavy (non-hydrogen) atoms. The third-order valence-electron chi connectivity index (χ3n) is 8.06. The number of nitrogens with one attached hydrogen (secondary N) is 5. The van der Waals surface area contributed by atoms with Gasteiger partial charge in [0.05, 0.1) is 57.5 Å². The third-order valence-corrected chi connectivity index (χ3v) is 8.06. The predicted molar refractivity (Wildman–Crippen MR) is 197 cm³/mol. The Balaban J connectivity index is 6.54. The Labute approximate surface area is 322 Å². The number of aldehydes is 3. The molecule has 0 radical (unpaired) electrons. The first kappa shape index (κ1) is 44.1. The van der Waals surface area contributed by atoms with Crippen molar-refractivity contribution in [3.8, 4) is 0 Å². The van der Waals surface area contributed by atoms with Gasteiger partial charge in [0, 0.05) is 33.6 Å². The molecule has 0 aromatic rings. The molecule has 0 saturated heterocycles. The highest BCUT2D eigenvalue weighted by molar-refractivity contribution is 5.94. The molecule has 0 aromatic carbocycles. The van der Waals surface area contributed by atoms with Crippen LogP contribution in [0.4, 0.5) is 0 Å². The lowest BCUT2D eigenvalue weighted by molar-refractivity contribution is -0.138. The molecule has 0 bridgehead atoms. The summed E-state index contributed by atoms with van der Waals surface area (Å²) in [6, 6.07) is -6.68. The number of ether oxygens (including phenoxy) is 3. The second-order valence-corrected chi connectivity index (χ2v) is 13.6. The maximum Gasteiger partial charge on any atom is 0.243 e. The quantitative estimate of drug-likeness (QED) is 0.0439. The van der Waals surface area contributed by atoms with Gasteiger partial charge in [0.2, 0.25) is 35.4 Å². The van der Waals surface area contributed by atoms with Gasteiger partial charge in [0.15, 0.2) is 0 Å². The SMILES string of the molecule is [2H]C(=O)C(NC(=O)CCC(NC(=O)CN(CCOCCOC)C(=O)CCOC)C(=O)NC(CCC(=O)NC(C([2H])=O)C(C)C)C(=O)NC(C([2H])=O)C(C)C)C(C)C. The maximum atomic E-state index is 13.9. The van der Waals surface area contributed by atoms with E-state index in [0.29, 0.717) is 6.61 Å². The Kier molecular flexibility index (Phi) is 23.0. The zero-order valence-corrected chi connectivity index (χ0v) is 32.7. The van der Waals surface area contributed by atoms with Gasteiger partial charge in [-0.25, -0.2) is 0 Å². The molecule has 0 heterocycles. The molecule has 5 N–H and O–H groups in total. The highest BCUT2D eigenvalue weighted by Gasteiger charge is 2.31. The van der Waals surface area contributed by atoms with Crippen LogP contribution in [0, 0.1) is 17.8 Å². The van der Waals surface area contributed by atoms with Crippen molar-refractivity contribution < 1.29 is 61.5 Å². The molecule has 0 aromatic heterocycles. The summed E-state index contributed by atoms with van der Waals surface area (Å²) in [5.41, 5.74) is 0. The molecule has 308 valence electrons. The smallest absolute Gasteiger partial charge is 0.243 e. The van der Waals surface area contributed by atoms with Crippen LogP contribution < -0.4 is 26.6 Å². The van der Waals surface area contributed by atoms with Crippen molar-refractivity contribution in [2.75, 3.05) is 53.7 Å². The van der Waals surface area contributed by atoms with E-state index in [2.05, 4.69) is 26.6 Å². The van der Waals surface area contributed by atoms with Crippen LogP contribution >= 0.6 is 0 Å². The normalized spacial score (nSPS) is 14.7. The molecule has 0 aliphatic rings. The summed E-state index contributed by atoms with van der Waals surface area (Å²) >= 11 is 0. The van der Waals surface area contributed by atoms with Crippen LogP contribution in [-0.2, 0) is 57.4 Å². The number of rotatable bonds is 30. The van der Waals surface area contributed by atoms with Crippen molar-refractivity contribution in [1.82, 2.24) is 31.5 Å². The summed E-state index contributed by atoms with van der Waals surface area (Å²) in [6.07, 6.45) is -4.96. The van der Waals surface area contributed by atoms with E-state index in [1.165, 1.54) is 19.1 Å². The van der Waals surface area contributed by atoms with Gasteiger partial charge in [0.25, 0.3) is 0 Å². The average molecular weight is 774 g/mol. The fourth-order valence-corrected chi connectivity index (χ4v) is 4.57. The van der Waals surface area contributed by atoms with Gasteiger partial charge < -0.3 is 60.1 Å². The van der Waals surface area contributed by atoms with Crippen LogP contribution in [0.1, 0.15) is 77.8 Å². The van der Waals surface area contributed by atoms with Crippen molar-refractivity contribution in [2.24, 2.45) is 17.8 Å². The lowest BCUT2D eigenvalue weighted by Crippen LogP contribution is -2.57. The van der Waals surface area contributed by atoms with E-state index < -0.39 is 134 Å². The lowest BCUT2D eigenvalue weighted by Gasteiger charge is -2.27. The number of hydrogen-bond donors (Lipinski definition) is 5. The summed E-state index contributed by atoms with van der Waals surface area (Å²) < 4.78 is 37.9. The zero-order valence-electron chi connectivity index (χ0n) is 35.7. The summed E-state index contributed by atoms with van der Waals surface area (Å²) in [7, 11) is 2.89. The standard InChI is InChI=1S/C36H62N6O12/c1-23(2)28(20-43)38-31(46)11-9-26(37-33(48)19-42(34(49)13-15-52-7)14-16-54-18-17-53-8)35(50)40-27(36(51)41-30(22-45)25(5)6)10-12-32(47)39-29(21-44)24(3)4/h20-30H,9-19H2,1-8H3,(H,37,48)(H,38,46)(H,39,47)(H,40,50)(H,41,51)/i20D,21D,22D. The first-order valence-electron chi connectivity index (χ1n) is 19.5. The number of amides is 6. The fraction of sp³-hybridized carbons (Fsp3) is 0.750. The van der Waals surface area contributed by atoms with Crippen LogP contribution in [0.5, 0.6) is 0 Å². The van der Waals surface area contributed by atoms with Crippen molar-refractivity contribution in [1.29, 1.82) is 0 Å². The van der Waals surface area contributed by atoms with Gasteiger partial charge in [-0.15, -0.1) is 0 Å². The van der Waals surface area contributed by atoms with Crippen LogP contribution in [0.3, 0.4) is 0 Å². The van der Waals surface area contributed by atoms with Crippen molar-refractivity contribution in [3.63, 3.8) is 0 Å². The molecule has 0 saturated carbocycles. The highest BCUT2D eigenvalue weighted by atomic mass is 16.5. The van der Waals surface area contributed by atoms with E-state index >= 15 is 0 Å². The Bertz CT molecular complexity index is 1370. The molecule has 5 unspecified atom stereocenters. The Hall–Kier alpha value is -4.29. The van der Waals surface area contributed by atoms with Crippen LogP contribution in [0.2, 0.25) is 0 Å². The number of hydrogen-bond acceptors (Lipinski definition) is 12. The summed E-state index contributed by atoms with van der Waals surface area (Å²) in [5.74, 6) is -6.12. The van der Waals surface area contributed by atoms with E-state index in [1.807, 2.05) is 0 Å². The molecular formula is C36H62N6O12. The Morgan fingerprint density at radius 3 is 1.46 bits per heavy atom. The molecule has 0 fully saturated rings. The minimum atomic E-state index is -1.55. The first-order valence-corrected chi connectivity index (χ1v) is 18.0. The summed E-state index contributed by atoms with van der Waals surface area (Å²) in [5, 5.41) is 12.2. The third kappa shape index (κ3) is 20.8. The molecule has 0 aliphatic heterocycles. The first-order chi connectivity index (χ1) is 26.7. The topological polar surface area (TPSA) is 245 Å². The molecule has 18 nitrogen and oxygen atoms in total. The largest absolute Gasteiger partial charge is 0.384 e. The number of carbonyl (C=O) groups excluding carboxylic acids is 9. The van der Waals surface area contributed by atoms with E-state index in [0.717, 1.165) is 0 Å². The van der Waals surface area contributed by atoms with E-state index in [1.54, 1.807) is 41.5 Å². The molecule has 0 rings (SSSR count). The van der Waals surface area contributed by atoms with Crippen molar-refractivity contribution in [2.45, 2.75) is 104 Å². The fourth-order valence-electron chi connectivity index (χ4n) is 4.57.